The zero-order chi connectivity index (χ0) is 16.5. The summed E-state index contributed by atoms with van der Waals surface area (Å²) in [4.78, 5) is 26.3. The van der Waals surface area contributed by atoms with Gasteiger partial charge in [-0.1, -0.05) is 5.16 Å². The predicted octanol–water partition coefficient (Wildman–Crippen LogP) is -1.91. The van der Waals surface area contributed by atoms with Gasteiger partial charge in [-0.25, -0.2) is 9.59 Å². The minimum Gasteiger partial charge on any atom is -0.480 e. The summed E-state index contributed by atoms with van der Waals surface area (Å²) in [6.07, 6.45) is 0.164. The van der Waals surface area contributed by atoms with Crippen LogP contribution in [-0.4, -0.2) is 56.7 Å². The van der Waals surface area contributed by atoms with Crippen molar-refractivity contribution in [2.24, 2.45) is 5.73 Å². The van der Waals surface area contributed by atoms with Crippen molar-refractivity contribution in [3.05, 3.63) is 11.7 Å². The van der Waals surface area contributed by atoms with Crippen molar-refractivity contribution in [3.8, 4) is 0 Å². The number of carboxylic acid groups (broad SMARTS) is 1. The molecule has 0 aliphatic heterocycles. The number of hydrogen-bond donors (Lipinski definition) is 6. The summed E-state index contributed by atoms with van der Waals surface area (Å²) in [5.74, 6) is -0.957. The molecule has 0 aliphatic carbocycles. The number of carbonyl (C=O) groups excluding carboxylic acids is 1. The molecule has 2 atom stereocenters. The molecule has 11 heteroatoms. The number of rotatable bonds is 9. The molecule has 0 aliphatic rings. The molecule has 0 spiro atoms. The second kappa shape index (κ2) is 8.92. The number of carbonyl (C=O) groups is 2. The van der Waals surface area contributed by atoms with E-state index in [9.17, 15) is 9.59 Å². The highest BCUT2D eigenvalue weighted by atomic mass is 16.5. The number of nitrogens with one attached hydrogen (secondary N) is 2. The molecule has 124 valence electrons. The number of nitrogens with zero attached hydrogens (tertiary/aromatic N) is 2. The van der Waals surface area contributed by atoms with Gasteiger partial charge in [-0.2, -0.15) is 4.98 Å². The quantitative estimate of drug-likeness (QED) is 0.302. The number of carboxylic acids is 1. The lowest BCUT2D eigenvalue weighted by molar-refractivity contribution is -0.139. The molecule has 0 fully saturated rings. The van der Waals surface area contributed by atoms with Gasteiger partial charge in [0.2, 0.25) is 5.89 Å². The Balaban J connectivity index is 2.45. The summed E-state index contributed by atoms with van der Waals surface area (Å²) in [7, 11) is 0. The minimum atomic E-state index is -1.25. The second-order valence-electron chi connectivity index (χ2n) is 4.40. The normalized spacial score (nSPS) is 13.4. The van der Waals surface area contributed by atoms with E-state index < -0.39 is 24.1 Å². The third kappa shape index (κ3) is 5.63. The molecule has 0 radical (unpaired) electrons. The molecule has 1 rings (SSSR count). The second-order valence-corrected chi connectivity index (χ2v) is 4.40. The summed E-state index contributed by atoms with van der Waals surface area (Å²) in [5, 5.41) is 34.4. The van der Waals surface area contributed by atoms with Gasteiger partial charge in [-0.3, -0.25) is 0 Å². The van der Waals surface area contributed by atoms with E-state index in [1.807, 2.05) is 0 Å². The lowest BCUT2D eigenvalue weighted by Crippen LogP contribution is -2.46. The Morgan fingerprint density at radius 3 is 2.55 bits per heavy atom. The summed E-state index contributed by atoms with van der Waals surface area (Å²) in [5.41, 5.74) is 5.67. The maximum Gasteiger partial charge on any atom is 0.326 e. The van der Waals surface area contributed by atoms with Crippen LogP contribution in [0.5, 0.6) is 0 Å². The zero-order valence-corrected chi connectivity index (χ0v) is 11.7. The average molecular weight is 317 g/mol. The standard InChI is InChI=1S/C11H19N5O6/c12-6(1-3-17)9-15-8(22-16-9)5-13-11(21)14-7(2-4-18)10(19)20/h6-7,17-18H,1-5,12H2,(H,19,20)(H2,13,14,21)/t6-,7-/m0/s1. The molecule has 7 N–H and O–H groups in total. The van der Waals surface area contributed by atoms with Crippen LogP contribution in [0.25, 0.3) is 0 Å². The first kappa shape index (κ1) is 17.8. The molecule has 1 aromatic rings. The third-order valence-corrected chi connectivity index (χ3v) is 2.68. The molecule has 1 aromatic heterocycles. The maximum absolute atomic E-state index is 11.5. The van der Waals surface area contributed by atoms with Gasteiger partial charge in [0.1, 0.15) is 6.04 Å². The van der Waals surface area contributed by atoms with Gasteiger partial charge in [-0.15, -0.1) is 0 Å². The molecule has 0 saturated carbocycles. The van der Waals surface area contributed by atoms with Crippen molar-refractivity contribution in [1.82, 2.24) is 20.8 Å². The fourth-order valence-corrected chi connectivity index (χ4v) is 1.51. The smallest absolute Gasteiger partial charge is 0.326 e. The summed E-state index contributed by atoms with van der Waals surface area (Å²) in [6, 6.07) is -2.52. The average Bonchev–Trinajstić information content (AvgIpc) is 2.94. The first-order chi connectivity index (χ1) is 10.5. The fraction of sp³-hybridized carbons (Fsp3) is 0.636. The van der Waals surface area contributed by atoms with Crippen molar-refractivity contribution >= 4 is 12.0 Å². The molecule has 22 heavy (non-hydrogen) atoms. The van der Waals surface area contributed by atoms with Crippen molar-refractivity contribution < 1.29 is 29.4 Å². The molecule has 0 aromatic carbocycles. The van der Waals surface area contributed by atoms with Crippen LogP contribution in [-0.2, 0) is 11.3 Å². The number of hydrogen-bond acceptors (Lipinski definition) is 8. The highest BCUT2D eigenvalue weighted by Gasteiger charge is 2.19. The van der Waals surface area contributed by atoms with Gasteiger partial charge < -0.3 is 36.2 Å². The Kier molecular flexibility index (Phi) is 7.22. The highest BCUT2D eigenvalue weighted by Crippen LogP contribution is 2.09. The Labute approximate surface area is 125 Å². The Morgan fingerprint density at radius 2 is 1.95 bits per heavy atom. The fourth-order valence-electron chi connectivity index (χ4n) is 1.51. The van der Waals surface area contributed by atoms with Crippen LogP contribution in [0.1, 0.15) is 30.6 Å². The van der Waals surface area contributed by atoms with E-state index in [1.165, 1.54) is 0 Å². The van der Waals surface area contributed by atoms with Gasteiger partial charge in [0.25, 0.3) is 0 Å². The van der Waals surface area contributed by atoms with Crippen LogP contribution in [0, 0.1) is 0 Å². The summed E-state index contributed by atoms with van der Waals surface area (Å²) < 4.78 is 4.86. The Morgan fingerprint density at radius 1 is 1.27 bits per heavy atom. The molecule has 1 heterocycles. The van der Waals surface area contributed by atoms with Gasteiger partial charge in [-0.05, 0) is 6.42 Å². The Bertz CT molecular complexity index is 493. The van der Waals surface area contributed by atoms with E-state index in [0.717, 1.165) is 0 Å². The van der Waals surface area contributed by atoms with Gasteiger partial charge in [0.15, 0.2) is 5.82 Å². The van der Waals surface area contributed by atoms with Crippen LogP contribution < -0.4 is 16.4 Å². The van der Waals surface area contributed by atoms with Gasteiger partial charge >= 0.3 is 12.0 Å². The first-order valence-electron chi connectivity index (χ1n) is 6.54. The van der Waals surface area contributed by atoms with Crippen molar-refractivity contribution in [2.45, 2.75) is 31.5 Å². The Hall–Kier alpha value is -2.24. The summed E-state index contributed by atoms with van der Waals surface area (Å²) in [6.45, 7) is -0.601. The molecular formula is C11H19N5O6. The van der Waals surface area contributed by atoms with Crippen LogP contribution in [0.15, 0.2) is 4.52 Å². The largest absolute Gasteiger partial charge is 0.480 e. The zero-order valence-electron chi connectivity index (χ0n) is 11.7. The SMILES string of the molecule is N[C@@H](CCO)c1noc(CNC(=O)N[C@@H](CCO)C(=O)O)n1. The number of amides is 2. The molecule has 2 amide bonds. The van der Waals surface area contributed by atoms with Crippen LogP contribution in [0.4, 0.5) is 4.79 Å². The van der Waals surface area contributed by atoms with E-state index >= 15 is 0 Å². The van der Waals surface area contributed by atoms with E-state index in [0.29, 0.717) is 0 Å². The number of nitrogens with two attached hydrogens (primary N) is 1. The minimum absolute atomic E-state index is 0.0903. The highest BCUT2D eigenvalue weighted by molar-refractivity contribution is 5.82. The van der Waals surface area contributed by atoms with Crippen LogP contribution in [0.3, 0.4) is 0 Å². The van der Waals surface area contributed by atoms with E-state index in [1.54, 1.807) is 0 Å². The number of urea groups is 1. The molecule has 0 saturated heterocycles. The first-order valence-corrected chi connectivity index (χ1v) is 6.54. The van der Waals surface area contributed by atoms with E-state index in [-0.39, 0.29) is 44.3 Å². The van der Waals surface area contributed by atoms with Crippen molar-refractivity contribution in [2.75, 3.05) is 13.2 Å². The molecule has 0 unspecified atom stereocenters. The van der Waals surface area contributed by atoms with Crippen LogP contribution >= 0.6 is 0 Å². The van der Waals surface area contributed by atoms with Gasteiger partial charge in [0, 0.05) is 19.6 Å². The molecule has 0 bridgehead atoms. The van der Waals surface area contributed by atoms with Crippen molar-refractivity contribution in [3.63, 3.8) is 0 Å². The monoisotopic (exact) mass is 317 g/mol. The third-order valence-electron chi connectivity index (χ3n) is 2.68. The number of aromatic nitrogens is 2. The number of aliphatic hydroxyl groups excluding tert-OH is 2. The van der Waals surface area contributed by atoms with E-state index in [4.69, 9.17) is 25.6 Å². The molecule has 11 nitrogen and oxygen atoms in total. The topological polar surface area (TPSA) is 184 Å². The lowest BCUT2D eigenvalue weighted by Gasteiger charge is -2.13. The predicted molar refractivity (Wildman–Crippen MR) is 71.4 cm³/mol. The van der Waals surface area contributed by atoms with Gasteiger partial charge in [0.05, 0.1) is 12.6 Å². The van der Waals surface area contributed by atoms with Crippen LogP contribution in [0.2, 0.25) is 0 Å². The number of aliphatic hydroxyl groups is 2. The maximum atomic E-state index is 11.5. The van der Waals surface area contributed by atoms with E-state index in [2.05, 4.69) is 20.8 Å². The van der Waals surface area contributed by atoms with Crippen molar-refractivity contribution in [1.29, 1.82) is 0 Å². The number of aliphatic carboxylic acids is 1. The lowest BCUT2D eigenvalue weighted by atomic mass is 10.2. The summed E-state index contributed by atoms with van der Waals surface area (Å²) >= 11 is 0. The molecular weight excluding hydrogens is 298 g/mol.